The smallest absolute Gasteiger partial charge is 0.123 e. The van der Waals surface area contributed by atoms with Crippen LogP contribution in [0.15, 0.2) is 30.7 Å². The van der Waals surface area contributed by atoms with Crippen molar-refractivity contribution in [2.45, 2.75) is 26.4 Å². The van der Waals surface area contributed by atoms with Gasteiger partial charge in [-0.3, -0.25) is 0 Å². The lowest BCUT2D eigenvalue weighted by molar-refractivity contribution is 0.623. The van der Waals surface area contributed by atoms with Crippen molar-refractivity contribution in [1.29, 1.82) is 5.26 Å². The summed E-state index contributed by atoms with van der Waals surface area (Å²) in [6.07, 6.45) is 4.69. The largest absolute Gasteiger partial charge is 0.333 e. The van der Waals surface area contributed by atoms with E-state index in [1.807, 2.05) is 10.8 Å². The quantitative estimate of drug-likeness (QED) is 0.822. The maximum Gasteiger partial charge on any atom is 0.123 e. The Kier molecular flexibility index (Phi) is 4.85. The number of nitrogens with one attached hydrogen (secondary N) is 1. The molecule has 0 bridgehead atoms. The summed E-state index contributed by atoms with van der Waals surface area (Å²) in [7, 11) is 0. The molecule has 0 atom stereocenters. The summed E-state index contributed by atoms with van der Waals surface area (Å²) in [5, 5.41) is 12.3. The Morgan fingerprint density at radius 2 is 2.30 bits per heavy atom. The van der Waals surface area contributed by atoms with Crippen LogP contribution >= 0.6 is 0 Å². The van der Waals surface area contributed by atoms with Gasteiger partial charge in [-0.1, -0.05) is 6.92 Å². The van der Waals surface area contributed by atoms with Crippen molar-refractivity contribution in [3.63, 3.8) is 0 Å². The minimum atomic E-state index is -0.330. The van der Waals surface area contributed by atoms with E-state index >= 15 is 0 Å². The third kappa shape index (κ3) is 3.65. The topological polar surface area (TPSA) is 53.6 Å². The van der Waals surface area contributed by atoms with E-state index in [2.05, 4.69) is 23.3 Å². The Morgan fingerprint density at radius 3 is 3.05 bits per heavy atom. The second-order valence-electron chi connectivity index (χ2n) is 4.63. The standard InChI is InChI=1S/C15H17FN4/c1-2-5-18-8-15-10-20(11-19-15)9-13-6-14(16)4-3-12(13)7-17/h3-4,6,10-11,18H,2,5,8-9H2,1H3. The van der Waals surface area contributed by atoms with E-state index in [0.717, 1.165) is 25.2 Å². The normalized spacial score (nSPS) is 10.4. The molecule has 5 heteroatoms. The Morgan fingerprint density at radius 1 is 1.45 bits per heavy atom. The van der Waals surface area contributed by atoms with Crippen molar-refractivity contribution < 1.29 is 4.39 Å². The van der Waals surface area contributed by atoms with Crippen LogP contribution in [0, 0.1) is 17.1 Å². The molecule has 104 valence electrons. The SMILES string of the molecule is CCCNCc1cn(Cc2cc(F)ccc2C#N)cn1. The van der Waals surface area contributed by atoms with Crippen LogP contribution in [0.4, 0.5) is 4.39 Å². The van der Waals surface area contributed by atoms with Crippen molar-refractivity contribution >= 4 is 0 Å². The summed E-state index contributed by atoms with van der Waals surface area (Å²) < 4.78 is 15.1. The maximum absolute atomic E-state index is 13.3. The summed E-state index contributed by atoms with van der Waals surface area (Å²) in [6, 6.07) is 6.28. The fourth-order valence-corrected chi connectivity index (χ4v) is 1.98. The third-order valence-electron chi connectivity index (χ3n) is 2.96. The number of aromatic nitrogens is 2. The summed E-state index contributed by atoms with van der Waals surface area (Å²) in [5.74, 6) is -0.330. The first-order chi connectivity index (χ1) is 9.72. The summed E-state index contributed by atoms with van der Waals surface area (Å²) in [5.41, 5.74) is 2.09. The predicted octanol–water partition coefficient (Wildman–Crippen LogP) is 2.44. The molecular weight excluding hydrogens is 255 g/mol. The van der Waals surface area contributed by atoms with Crippen LogP contribution in [0.2, 0.25) is 0 Å². The molecule has 0 aliphatic rings. The van der Waals surface area contributed by atoms with Gasteiger partial charge in [-0.05, 0) is 36.7 Å². The average Bonchev–Trinajstić information content (AvgIpc) is 2.87. The van der Waals surface area contributed by atoms with Gasteiger partial charge in [-0.2, -0.15) is 5.26 Å². The van der Waals surface area contributed by atoms with Crippen molar-refractivity contribution in [2.75, 3.05) is 6.54 Å². The molecule has 20 heavy (non-hydrogen) atoms. The van der Waals surface area contributed by atoms with E-state index in [9.17, 15) is 4.39 Å². The molecule has 2 rings (SSSR count). The molecule has 2 aromatic rings. The lowest BCUT2D eigenvalue weighted by Crippen LogP contribution is -2.13. The van der Waals surface area contributed by atoms with Gasteiger partial charge in [0.15, 0.2) is 0 Å². The van der Waals surface area contributed by atoms with Crippen LogP contribution < -0.4 is 5.32 Å². The first-order valence-electron chi connectivity index (χ1n) is 6.63. The number of hydrogen-bond acceptors (Lipinski definition) is 3. The minimum absolute atomic E-state index is 0.330. The first kappa shape index (κ1) is 14.2. The average molecular weight is 272 g/mol. The fraction of sp³-hybridized carbons (Fsp3) is 0.333. The molecule has 0 saturated carbocycles. The lowest BCUT2D eigenvalue weighted by Gasteiger charge is -2.05. The number of rotatable bonds is 6. The fourth-order valence-electron chi connectivity index (χ4n) is 1.98. The van der Waals surface area contributed by atoms with Crippen LogP contribution in [0.3, 0.4) is 0 Å². The van der Waals surface area contributed by atoms with E-state index in [1.54, 1.807) is 6.33 Å². The highest BCUT2D eigenvalue weighted by Gasteiger charge is 2.06. The second kappa shape index (κ2) is 6.83. The lowest BCUT2D eigenvalue weighted by atomic mass is 10.1. The molecule has 0 unspecified atom stereocenters. The molecule has 1 heterocycles. The van der Waals surface area contributed by atoms with Gasteiger partial charge in [0, 0.05) is 19.3 Å². The van der Waals surface area contributed by atoms with Gasteiger partial charge in [0.25, 0.3) is 0 Å². The number of benzene rings is 1. The van der Waals surface area contributed by atoms with Crippen molar-refractivity contribution in [3.8, 4) is 6.07 Å². The zero-order chi connectivity index (χ0) is 14.4. The summed E-state index contributed by atoms with van der Waals surface area (Å²) >= 11 is 0. The van der Waals surface area contributed by atoms with E-state index in [0.29, 0.717) is 17.7 Å². The molecular formula is C15H17FN4. The van der Waals surface area contributed by atoms with Crippen LogP contribution in [-0.4, -0.2) is 16.1 Å². The number of halogens is 1. The van der Waals surface area contributed by atoms with E-state index in [-0.39, 0.29) is 5.82 Å². The predicted molar refractivity (Wildman–Crippen MR) is 74.4 cm³/mol. The monoisotopic (exact) mass is 272 g/mol. The Hall–Kier alpha value is -2.19. The molecule has 0 amide bonds. The molecule has 0 aliphatic carbocycles. The number of imidazole rings is 1. The molecule has 4 nitrogen and oxygen atoms in total. The van der Waals surface area contributed by atoms with Gasteiger partial charge in [0.05, 0.1) is 23.7 Å². The number of hydrogen-bond donors (Lipinski definition) is 1. The van der Waals surface area contributed by atoms with E-state index < -0.39 is 0 Å². The van der Waals surface area contributed by atoms with Crippen LogP contribution in [0.5, 0.6) is 0 Å². The van der Waals surface area contributed by atoms with Crippen molar-refractivity contribution in [2.24, 2.45) is 0 Å². The zero-order valence-corrected chi connectivity index (χ0v) is 11.4. The minimum Gasteiger partial charge on any atom is -0.333 e. The van der Waals surface area contributed by atoms with E-state index in [1.165, 1.54) is 18.2 Å². The maximum atomic E-state index is 13.3. The third-order valence-corrected chi connectivity index (χ3v) is 2.96. The first-order valence-corrected chi connectivity index (χ1v) is 6.63. The van der Waals surface area contributed by atoms with Gasteiger partial charge in [0.1, 0.15) is 5.82 Å². The van der Waals surface area contributed by atoms with Crippen molar-refractivity contribution in [1.82, 2.24) is 14.9 Å². The summed E-state index contributed by atoms with van der Waals surface area (Å²) in [6.45, 7) is 4.23. The van der Waals surface area contributed by atoms with Crippen LogP contribution in [0.25, 0.3) is 0 Å². The highest BCUT2D eigenvalue weighted by molar-refractivity contribution is 5.38. The molecule has 1 aromatic carbocycles. The molecule has 1 N–H and O–H groups in total. The summed E-state index contributed by atoms with van der Waals surface area (Å²) in [4.78, 5) is 4.29. The molecule has 0 radical (unpaired) electrons. The van der Waals surface area contributed by atoms with Crippen molar-refractivity contribution in [3.05, 3.63) is 53.4 Å². The Bertz CT molecular complexity index is 613. The molecule has 1 aromatic heterocycles. The van der Waals surface area contributed by atoms with Gasteiger partial charge in [0.2, 0.25) is 0 Å². The molecule has 0 aliphatic heterocycles. The van der Waals surface area contributed by atoms with Gasteiger partial charge < -0.3 is 9.88 Å². The second-order valence-corrected chi connectivity index (χ2v) is 4.63. The Labute approximate surface area is 117 Å². The highest BCUT2D eigenvalue weighted by atomic mass is 19.1. The van der Waals surface area contributed by atoms with Crippen LogP contribution in [-0.2, 0) is 13.1 Å². The molecule has 0 saturated heterocycles. The van der Waals surface area contributed by atoms with E-state index in [4.69, 9.17) is 5.26 Å². The van der Waals surface area contributed by atoms with Gasteiger partial charge in [-0.15, -0.1) is 0 Å². The molecule has 0 spiro atoms. The van der Waals surface area contributed by atoms with Gasteiger partial charge in [-0.25, -0.2) is 9.37 Å². The van der Waals surface area contributed by atoms with Gasteiger partial charge >= 0.3 is 0 Å². The zero-order valence-electron chi connectivity index (χ0n) is 11.4. The highest BCUT2D eigenvalue weighted by Crippen LogP contribution is 2.12. The number of nitriles is 1. The van der Waals surface area contributed by atoms with Crippen LogP contribution in [0.1, 0.15) is 30.2 Å². The Balaban J connectivity index is 2.07. The number of nitrogens with zero attached hydrogens (tertiary/aromatic N) is 3. The molecule has 0 fully saturated rings.